The van der Waals surface area contributed by atoms with Crippen LogP contribution in [0, 0.1) is 0 Å². The van der Waals surface area contributed by atoms with Crippen LogP contribution in [0.15, 0.2) is 37.9 Å². The van der Waals surface area contributed by atoms with E-state index < -0.39 is 0 Å². The molecule has 0 aliphatic heterocycles. The highest BCUT2D eigenvalue weighted by Gasteiger charge is 2.20. The third-order valence-corrected chi connectivity index (χ3v) is 5.54. The van der Waals surface area contributed by atoms with Crippen molar-refractivity contribution in [1.29, 1.82) is 0 Å². The molecular weight excluding hydrogens is 409 g/mol. The first-order chi connectivity index (χ1) is 9.13. The predicted octanol–water partition coefficient (Wildman–Crippen LogP) is 6.02. The average molecular weight is 424 g/mol. The molecule has 0 aliphatic rings. The van der Waals surface area contributed by atoms with Crippen molar-refractivity contribution in [3.05, 3.63) is 54.1 Å². The van der Waals surface area contributed by atoms with Gasteiger partial charge in [-0.2, -0.15) is 0 Å². The fourth-order valence-electron chi connectivity index (χ4n) is 1.94. The fourth-order valence-corrected chi connectivity index (χ4v) is 5.08. The lowest BCUT2D eigenvalue weighted by atomic mass is 10.0. The summed E-state index contributed by atoms with van der Waals surface area (Å²) in [6.07, 6.45) is 1.09. The van der Waals surface area contributed by atoms with Crippen LogP contribution in [-0.4, -0.2) is 6.54 Å². The molecule has 0 saturated heterocycles. The number of rotatable bonds is 5. The predicted molar refractivity (Wildman–Crippen MR) is 91.3 cm³/mol. The highest BCUT2D eigenvalue weighted by Crippen LogP contribution is 2.39. The van der Waals surface area contributed by atoms with E-state index in [9.17, 15) is 0 Å². The molecule has 2 aromatic rings. The maximum absolute atomic E-state index is 6.34. The summed E-state index contributed by atoms with van der Waals surface area (Å²) in [6, 6.07) is 10.3. The van der Waals surface area contributed by atoms with Crippen LogP contribution in [0.1, 0.15) is 30.5 Å². The van der Waals surface area contributed by atoms with Gasteiger partial charge in [-0.05, 0) is 68.1 Å². The summed E-state index contributed by atoms with van der Waals surface area (Å²) in [5.74, 6) is 0. The fraction of sp³-hybridized carbons (Fsp3) is 0.286. The van der Waals surface area contributed by atoms with Crippen molar-refractivity contribution < 1.29 is 0 Å². The molecule has 1 heterocycles. The van der Waals surface area contributed by atoms with Gasteiger partial charge in [-0.3, -0.25) is 0 Å². The maximum Gasteiger partial charge on any atom is 0.0761 e. The van der Waals surface area contributed by atoms with Crippen LogP contribution in [-0.2, 0) is 0 Å². The van der Waals surface area contributed by atoms with Crippen LogP contribution in [0.5, 0.6) is 0 Å². The topological polar surface area (TPSA) is 12.0 Å². The molecule has 0 bridgehead atoms. The second kappa shape index (κ2) is 7.23. The Morgan fingerprint density at radius 3 is 2.58 bits per heavy atom. The van der Waals surface area contributed by atoms with Gasteiger partial charge in [0.05, 0.1) is 13.6 Å². The summed E-state index contributed by atoms with van der Waals surface area (Å²) in [6.45, 7) is 3.12. The highest BCUT2D eigenvalue weighted by atomic mass is 79.9. The number of halogens is 3. The van der Waals surface area contributed by atoms with Gasteiger partial charge in [0.25, 0.3) is 0 Å². The summed E-state index contributed by atoms with van der Waals surface area (Å²) >= 11 is 15.2. The van der Waals surface area contributed by atoms with Gasteiger partial charge in [0.2, 0.25) is 0 Å². The van der Waals surface area contributed by atoms with Crippen LogP contribution < -0.4 is 5.32 Å². The number of benzene rings is 1. The van der Waals surface area contributed by atoms with Crippen molar-refractivity contribution in [2.75, 3.05) is 6.54 Å². The molecule has 1 atom stereocenters. The smallest absolute Gasteiger partial charge is 0.0761 e. The average Bonchev–Trinajstić information content (AvgIpc) is 2.71. The summed E-state index contributed by atoms with van der Waals surface area (Å²) in [5.41, 5.74) is 2.34. The molecule has 0 spiro atoms. The van der Waals surface area contributed by atoms with Crippen LogP contribution in [0.4, 0.5) is 0 Å². The standard InChI is InChI=1S/C14H14Br2ClNS/c1-2-7-18-13(9-5-3-4-6-11(9)17)10-8-12(15)19-14(10)16/h3-6,8,13,18H,2,7H2,1H3. The lowest BCUT2D eigenvalue weighted by Crippen LogP contribution is -2.23. The van der Waals surface area contributed by atoms with E-state index in [-0.39, 0.29) is 6.04 Å². The molecule has 19 heavy (non-hydrogen) atoms. The Hall–Kier alpha value is 0.130. The van der Waals surface area contributed by atoms with Gasteiger partial charge in [0.15, 0.2) is 0 Å². The Morgan fingerprint density at radius 2 is 2.00 bits per heavy atom. The lowest BCUT2D eigenvalue weighted by Gasteiger charge is -2.20. The second-order valence-corrected chi connectivity index (χ2v) is 8.34. The Balaban J connectivity index is 2.41. The zero-order valence-electron chi connectivity index (χ0n) is 10.4. The van der Waals surface area contributed by atoms with Gasteiger partial charge in [-0.25, -0.2) is 0 Å². The molecule has 1 aromatic carbocycles. The first kappa shape index (κ1) is 15.5. The molecule has 1 unspecified atom stereocenters. The monoisotopic (exact) mass is 421 g/mol. The SMILES string of the molecule is CCCNC(c1ccccc1Cl)c1cc(Br)sc1Br. The van der Waals surface area contributed by atoms with Crippen molar-refractivity contribution in [3.8, 4) is 0 Å². The summed E-state index contributed by atoms with van der Waals surface area (Å²) in [5, 5.41) is 4.36. The second-order valence-electron chi connectivity index (χ2n) is 4.19. The normalized spacial score (nSPS) is 12.6. The van der Waals surface area contributed by atoms with Crippen LogP contribution in [0.2, 0.25) is 5.02 Å². The Morgan fingerprint density at radius 1 is 1.26 bits per heavy atom. The van der Waals surface area contributed by atoms with Crippen molar-refractivity contribution in [2.24, 2.45) is 0 Å². The minimum atomic E-state index is 0.116. The Kier molecular flexibility index (Phi) is 5.90. The van der Waals surface area contributed by atoms with Crippen LogP contribution in [0.25, 0.3) is 0 Å². The summed E-state index contributed by atoms with van der Waals surface area (Å²) < 4.78 is 2.25. The molecule has 1 N–H and O–H groups in total. The Labute approximate surface area is 139 Å². The molecule has 1 aromatic heterocycles. The maximum atomic E-state index is 6.34. The molecule has 2 rings (SSSR count). The third kappa shape index (κ3) is 3.82. The van der Waals surface area contributed by atoms with E-state index in [2.05, 4.69) is 56.2 Å². The number of nitrogens with one attached hydrogen (secondary N) is 1. The molecule has 0 aliphatic carbocycles. The van der Waals surface area contributed by atoms with Crippen molar-refractivity contribution in [1.82, 2.24) is 5.32 Å². The van der Waals surface area contributed by atoms with E-state index in [1.165, 1.54) is 5.56 Å². The minimum absolute atomic E-state index is 0.116. The summed E-state index contributed by atoms with van der Waals surface area (Å²) in [7, 11) is 0. The molecule has 102 valence electrons. The first-order valence-electron chi connectivity index (χ1n) is 6.06. The number of hydrogen-bond acceptors (Lipinski definition) is 2. The molecule has 0 fully saturated rings. The van der Waals surface area contributed by atoms with E-state index in [0.717, 1.165) is 31.1 Å². The van der Waals surface area contributed by atoms with E-state index >= 15 is 0 Å². The Bertz CT molecular complexity index is 556. The molecule has 1 nitrogen and oxygen atoms in total. The van der Waals surface area contributed by atoms with Crippen LogP contribution >= 0.6 is 54.8 Å². The largest absolute Gasteiger partial charge is 0.306 e. The molecule has 0 radical (unpaired) electrons. The quantitative estimate of drug-likeness (QED) is 0.620. The van der Waals surface area contributed by atoms with Gasteiger partial charge in [0, 0.05) is 5.02 Å². The van der Waals surface area contributed by atoms with E-state index in [0.29, 0.717) is 0 Å². The lowest BCUT2D eigenvalue weighted by molar-refractivity contribution is 0.598. The van der Waals surface area contributed by atoms with E-state index in [1.54, 1.807) is 11.3 Å². The highest BCUT2D eigenvalue weighted by molar-refractivity contribution is 9.12. The zero-order chi connectivity index (χ0) is 13.8. The number of hydrogen-bond donors (Lipinski definition) is 1. The third-order valence-electron chi connectivity index (χ3n) is 2.81. The molecular formula is C14H14Br2ClNS. The zero-order valence-corrected chi connectivity index (χ0v) is 15.2. The molecule has 0 saturated carbocycles. The van der Waals surface area contributed by atoms with Gasteiger partial charge in [-0.15, -0.1) is 11.3 Å². The van der Waals surface area contributed by atoms with E-state index in [4.69, 9.17) is 11.6 Å². The van der Waals surface area contributed by atoms with Gasteiger partial charge < -0.3 is 5.32 Å². The molecule has 5 heteroatoms. The van der Waals surface area contributed by atoms with Crippen molar-refractivity contribution in [3.63, 3.8) is 0 Å². The van der Waals surface area contributed by atoms with Crippen LogP contribution in [0.3, 0.4) is 0 Å². The van der Waals surface area contributed by atoms with E-state index in [1.807, 2.05) is 18.2 Å². The van der Waals surface area contributed by atoms with Gasteiger partial charge >= 0.3 is 0 Å². The first-order valence-corrected chi connectivity index (χ1v) is 8.84. The molecule has 0 amide bonds. The van der Waals surface area contributed by atoms with Gasteiger partial charge in [0.1, 0.15) is 0 Å². The number of thiophene rings is 1. The minimum Gasteiger partial charge on any atom is -0.306 e. The van der Waals surface area contributed by atoms with Crippen molar-refractivity contribution >= 4 is 54.8 Å². The van der Waals surface area contributed by atoms with Crippen molar-refractivity contribution in [2.45, 2.75) is 19.4 Å². The summed E-state index contributed by atoms with van der Waals surface area (Å²) in [4.78, 5) is 0. The van der Waals surface area contributed by atoms with Gasteiger partial charge in [-0.1, -0.05) is 36.7 Å².